The number of amides is 2. The number of hydrogen-bond acceptors (Lipinski definition) is 6. The van der Waals surface area contributed by atoms with Gasteiger partial charge in [-0.05, 0) is 50.4 Å². The van der Waals surface area contributed by atoms with E-state index < -0.39 is 12.1 Å². The second-order valence-electron chi connectivity index (χ2n) is 8.14. The fourth-order valence-corrected chi connectivity index (χ4v) is 4.35. The molecule has 1 aliphatic rings. The summed E-state index contributed by atoms with van der Waals surface area (Å²) in [6.07, 6.45) is -0.976. The van der Waals surface area contributed by atoms with Crippen LogP contribution in [0.15, 0.2) is 54.6 Å². The van der Waals surface area contributed by atoms with Gasteiger partial charge in [0.1, 0.15) is 5.01 Å². The van der Waals surface area contributed by atoms with Crippen molar-refractivity contribution < 1.29 is 32.7 Å². The van der Waals surface area contributed by atoms with E-state index in [9.17, 15) is 22.8 Å². The number of carboxylic acid groups (broad SMARTS) is 1. The quantitative estimate of drug-likeness (QED) is 0.483. The maximum Gasteiger partial charge on any atom is 0.490 e. The molecular weight excluding hydrogens is 509 g/mol. The molecule has 1 aliphatic heterocycles. The van der Waals surface area contributed by atoms with Crippen LogP contribution < -0.4 is 5.32 Å². The van der Waals surface area contributed by atoms with Gasteiger partial charge in [0.05, 0.1) is 21.5 Å². The maximum absolute atomic E-state index is 13.1. The Hall–Kier alpha value is -3.77. The normalized spacial score (nSPS) is 14.6. The molecule has 12 heteroatoms. The van der Waals surface area contributed by atoms with Gasteiger partial charge in [-0.1, -0.05) is 24.3 Å². The number of carboxylic acids is 1. The average molecular weight is 535 g/mol. The zero-order chi connectivity index (χ0) is 27.0. The van der Waals surface area contributed by atoms with E-state index in [1.165, 1.54) is 17.4 Å². The molecule has 8 nitrogen and oxygen atoms in total. The van der Waals surface area contributed by atoms with Crippen molar-refractivity contribution in [3.05, 3.63) is 65.2 Å². The number of aliphatic carboxylic acids is 1. The summed E-state index contributed by atoms with van der Waals surface area (Å²) in [4.78, 5) is 43.1. The number of likely N-dealkylation sites (N-methyl/N-ethyl adjacent to an activating group) is 1. The molecular formula is C25H25F3N4O4S. The number of halogens is 3. The van der Waals surface area contributed by atoms with Gasteiger partial charge in [-0.2, -0.15) is 13.2 Å². The molecule has 2 aromatic carbocycles. The Balaban J connectivity index is 0.000000479. The summed E-state index contributed by atoms with van der Waals surface area (Å²) in [6.45, 7) is 3.25. The first-order chi connectivity index (χ1) is 17.5. The van der Waals surface area contributed by atoms with E-state index in [0.29, 0.717) is 17.8 Å². The number of para-hydroxylation sites is 2. The van der Waals surface area contributed by atoms with Crippen LogP contribution in [0.1, 0.15) is 21.8 Å². The lowest BCUT2D eigenvalue weighted by Gasteiger charge is -2.22. The third-order valence-electron chi connectivity index (χ3n) is 5.35. The minimum atomic E-state index is -5.08. The van der Waals surface area contributed by atoms with Crippen LogP contribution in [0, 0.1) is 0 Å². The SMILES string of the molecule is CN1CCCN(C(=O)c2ccccc2NC(=O)/C=C/c2nc3ccccc3s2)CC1.O=C(O)C(F)(F)F. The van der Waals surface area contributed by atoms with Gasteiger partial charge >= 0.3 is 12.1 Å². The largest absolute Gasteiger partial charge is 0.490 e. The smallest absolute Gasteiger partial charge is 0.475 e. The summed E-state index contributed by atoms with van der Waals surface area (Å²) in [5.41, 5.74) is 1.96. The minimum Gasteiger partial charge on any atom is -0.475 e. The molecule has 0 bridgehead atoms. The summed E-state index contributed by atoms with van der Waals surface area (Å²) in [5.74, 6) is -3.09. The lowest BCUT2D eigenvalue weighted by atomic mass is 10.1. The monoisotopic (exact) mass is 534 g/mol. The van der Waals surface area contributed by atoms with Crippen LogP contribution in [0.2, 0.25) is 0 Å². The molecule has 2 N–H and O–H groups in total. The summed E-state index contributed by atoms with van der Waals surface area (Å²) in [6, 6.07) is 15.0. The third kappa shape index (κ3) is 8.12. The topological polar surface area (TPSA) is 103 Å². The zero-order valence-electron chi connectivity index (χ0n) is 19.9. The highest BCUT2D eigenvalue weighted by Gasteiger charge is 2.38. The molecule has 1 aromatic heterocycles. The highest BCUT2D eigenvalue weighted by Crippen LogP contribution is 2.23. The number of anilines is 1. The van der Waals surface area contributed by atoms with E-state index >= 15 is 0 Å². The van der Waals surface area contributed by atoms with E-state index in [-0.39, 0.29) is 11.8 Å². The Morgan fingerprint density at radius 1 is 1.03 bits per heavy atom. The van der Waals surface area contributed by atoms with Crippen LogP contribution in [0.4, 0.5) is 18.9 Å². The molecule has 0 spiro atoms. The third-order valence-corrected chi connectivity index (χ3v) is 6.35. The number of nitrogens with one attached hydrogen (secondary N) is 1. The molecule has 4 rings (SSSR count). The van der Waals surface area contributed by atoms with Crippen molar-refractivity contribution in [1.29, 1.82) is 0 Å². The highest BCUT2D eigenvalue weighted by atomic mass is 32.1. The first-order valence-electron chi connectivity index (χ1n) is 11.3. The predicted molar refractivity (Wildman–Crippen MR) is 135 cm³/mol. The van der Waals surface area contributed by atoms with Crippen molar-refractivity contribution in [2.75, 3.05) is 38.5 Å². The average Bonchev–Trinajstić information content (AvgIpc) is 3.15. The molecule has 0 atom stereocenters. The Bertz CT molecular complexity index is 1260. The van der Waals surface area contributed by atoms with E-state index in [1.807, 2.05) is 41.3 Å². The lowest BCUT2D eigenvalue weighted by Crippen LogP contribution is -2.35. The predicted octanol–water partition coefficient (Wildman–Crippen LogP) is 4.36. The molecule has 2 heterocycles. The van der Waals surface area contributed by atoms with Crippen LogP contribution in [0.25, 0.3) is 16.3 Å². The molecule has 1 saturated heterocycles. The van der Waals surface area contributed by atoms with Gasteiger partial charge < -0.3 is 20.2 Å². The van der Waals surface area contributed by atoms with Gasteiger partial charge in [0, 0.05) is 25.7 Å². The first kappa shape index (κ1) is 27.8. The minimum absolute atomic E-state index is 0.0450. The number of hydrogen-bond donors (Lipinski definition) is 2. The first-order valence-corrected chi connectivity index (χ1v) is 12.1. The molecule has 3 aromatic rings. The van der Waals surface area contributed by atoms with Crippen LogP contribution >= 0.6 is 11.3 Å². The Morgan fingerprint density at radius 3 is 2.41 bits per heavy atom. The van der Waals surface area contributed by atoms with Gasteiger partial charge in [-0.15, -0.1) is 11.3 Å². The standard InChI is InChI=1S/C23H24N4O2S.C2HF3O2/c1-26-13-6-14-27(16-15-26)23(29)17-7-2-3-8-18(17)24-21(28)11-12-22-25-19-9-4-5-10-20(19)30-22;3-2(4,5)1(6)7/h2-5,7-12H,6,13-16H2,1H3,(H,24,28);(H,6,7)/b12-11+;. The molecule has 2 amide bonds. The van der Waals surface area contributed by atoms with Gasteiger partial charge in [0.25, 0.3) is 5.91 Å². The van der Waals surface area contributed by atoms with Crippen molar-refractivity contribution >= 4 is 51.1 Å². The van der Waals surface area contributed by atoms with Crippen molar-refractivity contribution in [3.8, 4) is 0 Å². The van der Waals surface area contributed by atoms with Crippen molar-refractivity contribution in [2.45, 2.75) is 12.6 Å². The number of fused-ring (bicyclic) bond motifs is 1. The van der Waals surface area contributed by atoms with Crippen LogP contribution in [0.3, 0.4) is 0 Å². The van der Waals surface area contributed by atoms with Crippen molar-refractivity contribution in [2.24, 2.45) is 0 Å². The Morgan fingerprint density at radius 2 is 1.70 bits per heavy atom. The number of benzene rings is 2. The van der Waals surface area contributed by atoms with E-state index in [2.05, 4.69) is 22.2 Å². The van der Waals surface area contributed by atoms with Crippen molar-refractivity contribution in [1.82, 2.24) is 14.8 Å². The number of carbonyl (C=O) groups excluding carboxylic acids is 2. The molecule has 0 saturated carbocycles. The summed E-state index contributed by atoms with van der Waals surface area (Å²) < 4.78 is 32.8. The summed E-state index contributed by atoms with van der Waals surface area (Å²) in [7, 11) is 2.07. The van der Waals surface area contributed by atoms with E-state index in [0.717, 1.165) is 41.3 Å². The van der Waals surface area contributed by atoms with Gasteiger partial charge in [-0.3, -0.25) is 9.59 Å². The fourth-order valence-electron chi connectivity index (χ4n) is 3.48. The number of alkyl halides is 3. The van der Waals surface area contributed by atoms with E-state index in [4.69, 9.17) is 9.90 Å². The van der Waals surface area contributed by atoms with Gasteiger partial charge in [0.15, 0.2) is 0 Å². The number of nitrogens with zero attached hydrogens (tertiary/aromatic N) is 3. The number of carbonyl (C=O) groups is 3. The Kier molecular flexibility index (Phi) is 9.36. The molecule has 1 fully saturated rings. The fraction of sp³-hybridized carbons (Fsp3) is 0.280. The van der Waals surface area contributed by atoms with Crippen molar-refractivity contribution in [3.63, 3.8) is 0 Å². The summed E-state index contributed by atoms with van der Waals surface area (Å²) >= 11 is 1.53. The number of rotatable bonds is 4. The molecule has 0 aliphatic carbocycles. The van der Waals surface area contributed by atoms with Gasteiger partial charge in [-0.25, -0.2) is 9.78 Å². The second kappa shape index (κ2) is 12.5. The molecule has 0 radical (unpaired) electrons. The molecule has 196 valence electrons. The molecule has 37 heavy (non-hydrogen) atoms. The van der Waals surface area contributed by atoms with Gasteiger partial charge in [0.2, 0.25) is 5.91 Å². The lowest BCUT2D eigenvalue weighted by molar-refractivity contribution is -0.192. The second-order valence-corrected chi connectivity index (χ2v) is 9.20. The summed E-state index contributed by atoms with van der Waals surface area (Å²) in [5, 5.41) is 10.7. The van der Waals surface area contributed by atoms with Crippen LogP contribution in [0.5, 0.6) is 0 Å². The zero-order valence-corrected chi connectivity index (χ0v) is 20.7. The Labute approximate surface area is 215 Å². The van der Waals surface area contributed by atoms with Crippen LogP contribution in [-0.4, -0.2) is 77.1 Å². The highest BCUT2D eigenvalue weighted by molar-refractivity contribution is 7.19. The van der Waals surface area contributed by atoms with E-state index in [1.54, 1.807) is 18.2 Å². The molecule has 0 unspecified atom stereocenters. The van der Waals surface area contributed by atoms with Crippen LogP contribution in [-0.2, 0) is 9.59 Å². The maximum atomic E-state index is 13.1. The number of thiazole rings is 1. The number of aromatic nitrogens is 1.